The van der Waals surface area contributed by atoms with Crippen molar-refractivity contribution in [2.45, 2.75) is 162 Å². The van der Waals surface area contributed by atoms with Crippen LogP contribution in [0, 0.1) is 0 Å². The third-order valence-corrected chi connectivity index (χ3v) is 7.07. The lowest BCUT2D eigenvalue weighted by Gasteiger charge is -2.33. The fourth-order valence-electron chi connectivity index (χ4n) is 4.94. The molecular formula is C29H58N2. The summed E-state index contributed by atoms with van der Waals surface area (Å²) in [4.78, 5) is 5.31. The first-order chi connectivity index (χ1) is 15.3. The quantitative estimate of drug-likeness (QED) is 0.148. The summed E-state index contributed by atoms with van der Waals surface area (Å²) in [5.74, 6) is 0. The Kier molecular flexibility index (Phi) is 19.4. The van der Waals surface area contributed by atoms with Crippen LogP contribution in [0.2, 0.25) is 0 Å². The molecule has 1 atom stereocenters. The Morgan fingerprint density at radius 1 is 0.419 bits per heavy atom. The first-order valence-corrected chi connectivity index (χ1v) is 14.5. The van der Waals surface area contributed by atoms with E-state index < -0.39 is 0 Å². The lowest BCUT2D eigenvalue weighted by Crippen LogP contribution is -2.39. The summed E-state index contributed by atoms with van der Waals surface area (Å²) in [6, 6.07) is 0. The molecule has 184 valence electrons. The summed E-state index contributed by atoms with van der Waals surface area (Å²) in [7, 11) is 0. The maximum Gasteiger partial charge on any atom is 0.101 e. The van der Waals surface area contributed by atoms with Crippen LogP contribution in [-0.4, -0.2) is 29.1 Å². The van der Waals surface area contributed by atoms with Gasteiger partial charge in [0, 0.05) is 25.5 Å². The van der Waals surface area contributed by atoms with Crippen molar-refractivity contribution < 1.29 is 0 Å². The van der Waals surface area contributed by atoms with Gasteiger partial charge in [0.2, 0.25) is 0 Å². The van der Waals surface area contributed by atoms with Gasteiger partial charge in [0.05, 0.1) is 0 Å². The SMILES string of the molecule is CCCCCCCCCCCCCN1C=CN(CCCCCCCCC)C1CCCC. The largest absolute Gasteiger partial charge is 0.356 e. The van der Waals surface area contributed by atoms with E-state index in [1.807, 2.05) is 0 Å². The van der Waals surface area contributed by atoms with Gasteiger partial charge in [-0.15, -0.1) is 0 Å². The minimum atomic E-state index is 0.642. The van der Waals surface area contributed by atoms with E-state index in [1.165, 1.54) is 148 Å². The van der Waals surface area contributed by atoms with E-state index in [2.05, 4.69) is 43.0 Å². The second kappa shape index (κ2) is 21.2. The molecule has 0 radical (unpaired) electrons. The molecule has 0 N–H and O–H groups in total. The van der Waals surface area contributed by atoms with Gasteiger partial charge in [-0.1, -0.05) is 130 Å². The van der Waals surface area contributed by atoms with Crippen LogP contribution in [0.4, 0.5) is 0 Å². The van der Waals surface area contributed by atoms with Crippen molar-refractivity contribution >= 4 is 0 Å². The molecule has 0 fully saturated rings. The van der Waals surface area contributed by atoms with Crippen molar-refractivity contribution in [3.05, 3.63) is 12.4 Å². The van der Waals surface area contributed by atoms with Crippen LogP contribution in [0.15, 0.2) is 12.4 Å². The minimum Gasteiger partial charge on any atom is -0.356 e. The van der Waals surface area contributed by atoms with Crippen LogP contribution in [0.3, 0.4) is 0 Å². The first-order valence-electron chi connectivity index (χ1n) is 14.5. The molecular weight excluding hydrogens is 376 g/mol. The number of rotatable bonds is 23. The Morgan fingerprint density at radius 2 is 0.742 bits per heavy atom. The van der Waals surface area contributed by atoms with Gasteiger partial charge in [0.25, 0.3) is 0 Å². The van der Waals surface area contributed by atoms with E-state index in [0.717, 1.165) is 0 Å². The molecule has 2 nitrogen and oxygen atoms in total. The van der Waals surface area contributed by atoms with Crippen molar-refractivity contribution in [3.63, 3.8) is 0 Å². The maximum absolute atomic E-state index is 2.66. The molecule has 1 heterocycles. The topological polar surface area (TPSA) is 6.48 Å². The molecule has 1 unspecified atom stereocenters. The summed E-state index contributed by atoms with van der Waals surface area (Å²) in [6.45, 7) is 9.45. The predicted molar refractivity (Wildman–Crippen MR) is 140 cm³/mol. The molecule has 0 aromatic carbocycles. The highest BCUT2D eigenvalue weighted by atomic mass is 15.4. The zero-order valence-corrected chi connectivity index (χ0v) is 21.9. The van der Waals surface area contributed by atoms with Gasteiger partial charge in [-0.3, -0.25) is 0 Å². The predicted octanol–water partition coefficient (Wildman–Crippen LogP) is 9.65. The number of nitrogens with zero attached hydrogens (tertiary/aromatic N) is 2. The summed E-state index contributed by atoms with van der Waals surface area (Å²) in [5.41, 5.74) is 0. The fraction of sp³-hybridized carbons (Fsp3) is 0.931. The highest BCUT2D eigenvalue weighted by Gasteiger charge is 2.24. The summed E-state index contributed by atoms with van der Waals surface area (Å²) >= 11 is 0. The van der Waals surface area contributed by atoms with Gasteiger partial charge >= 0.3 is 0 Å². The third-order valence-electron chi connectivity index (χ3n) is 7.07. The smallest absolute Gasteiger partial charge is 0.101 e. The second-order valence-electron chi connectivity index (χ2n) is 10.1. The zero-order chi connectivity index (χ0) is 22.4. The van der Waals surface area contributed by atoms with Crippen LogP contribution < -0.4 is 0 Å². The standard InChI is InChI=1S/C29H58N2/c1-4-7-10-12-14-15-16-17-19-21-23-26-31-28-27-30(29(31)24-9-6-3)25-22-20-18-13-11-8-5-2/h27-29H,4-26H2,1-3H3. The summed E-state index contributed by atoms with van der Waals surface area (Å²) in [5, 5.41) is 0. The number of unbranched alkanes of at least 4 members (excludes halogenated alkanes) is 17. The lowest BCUT2D eigenvalue weighted by molar-refractivity contribution is 0.136. The van der Waals surface area contributed by atoms with E-state index in [4.69, 9.17) is 0 Å². The monoisotopic (exact) mass is 434 g/mol. The van der Waals surface area contributed by atoms with E-state index in [-0.39, 0.29) is 0 Å². The van der Waals surface area contributed by atoms with Crippen molar-refractivity contribution in [3.8, 4) is 0 Å². The Balaban J connectivity index is 2.10. The van der Waals surface area contributed by atoms with Gasteiger partial charge in [-0.05, 0) is 25.7 Å². The van der Waals surface area contributed by atoms with Crippen molar-refractivity contribution in [2.75, 3.05) is 13.1 Å². The molecule has 1 aliphatic rings. The van der Waals surface area contributed by atoms with E-state index >= 15 is 0 Å². The van der Waals surface area contributed by atoms with E-state index in [0.29, 0.717) is 6.17 Å². The van der Waals surface area contributed by atoms with Crippen LogP contribution in [0.25, 0.3) is 0 Å². The van der Waals surface area contributed by atoms with Gasteiger partial charge < -0.3 is 9.80 Å². The molecule has 1 aliphatic heterocycles. The molecule has 2 heteroatoms. The average Bonchev–Trinajstić information content (AvgIpc) is 3.16. The molecule has 0 bridgehead atoms. The zero-order valence-electron chi connectivity index (χ0n) is 21.9. The number of hydrogen-bond acceptors (Lipinski definition) is 2. The lowest BCUT2D eigenvalue weighted by atomic mass is 10.1. The fourth-order valence-corrected chi connectivity index (χ4v) is 4.94. The molecule has 0 amide bonds. The van der Waals surface area contributed by atoms with Crippen molar-refractivity contribution in [1.82, 2.24) is 9.80 Å². The van der Waals surface area contributed by atoms with Gasteiger partial charge in [-0.2, -0.15) is 0 Å². The molecule has 1 rings (SSSR count). The van der Waals surface area contributed by atoms with E-state index in [1.54, 1.807) is 0 Å². The van der Waals surface area contributed by atoms with Gasteiger partial charge in [0.1, 0.15) is 6.17 Å². The van der Waals surface area contributed by atoms with Crippen LogP contribution in [0.5, 0.6) is 0 Å². The van der Waals surface area contributed by atoms with Crippen LogP contribution >= 0.6 is 0 Å². The maximum atomic E-state index is 2.66. The molecule has 0 aromatic heterocycles. The summed E-state index contributed by atoms with van der Waals surface area (Å²) in [6.07, 6.45) is 35.1. The van der Waals surface area contributed by atoms with Crippen molar-refractivity contribution in [1.29, 1.82) is 0 Å². The second-order valence-corrected chi connectivity index (χ2v) is 10.1. The Labute approximate surface area is 197 Å². The summed E-state index contributed by atoms with van der Waals surface area (Å²) < 4.78 is 0. The number of hydrogen-bond donors (Lipinski definition) is 0. The highest BCUT2D eigenvalue weighted by molar-refractivity contribution is 4.96. The minimum absolute atomic E-state index is 0.642. The third kappa shape index (κ3) is 14.9. The molecule has 0 aliphatic carbocycles. The van der Waals surface area contributed by atoms with Crippen LogP contribution in [-0.2, 0) is 0 Å². The average molecular weight is 435 g/mol. The molecule has 0 aromatic rings. The molecule has 31 heavy (non-hydrogen) atoms. The molecule has 0 saturated carbocycles. The molecule has 0 spiro atoms. The van der Waals surface area contributed by atoms with E-state index in [9.17, 15) is 0 Å². The van der Waals surface area contributed by atoms with Gasteiger partial charge in [0.15, 0.2) is 0 Å². The Hall–Kier alpha value is -0.660. The Bertz CT molecular complexity index is 392. The Morgan fingerprint density at radius 3 is 1.10 bits per heavy atom. The highest BCUT2D eigenvalue weighted by Crippen LogP contribution is 2.23. The van der Waals surface area contributed by atoms with Crippen molar-refractivity contribution in [2.24, 2.45) is 0 Å². The molecule has 0 saturated heterocycles. The van der Waals surface area contributed by atoms with Gasteiger partial charge in [-0.25, -0.2) is 0 Å². The normalized spacial score (nSPS) is 16.0. The van der Waals surface area contributed by atoms with Crippen LogP contribution in [0.1, 0.15) is 156 Å². The first kappa shape index (κ1) is 28.4.